The number of carbonyl (C=O) groups excluding carboxylic acids is 1. The van der Waals surface area contributed by atoms with Crippen molar-refractivity contribution in [2.75, 3.05) is 19.3 Å². The fraction of sp³-hybridized carbons (Fsp3) is 0.333. The summed E-state index contributed by atoms with van der Waals surface area (Å²) in [7, 11) is 3.35. The van der Waals surface area contributed by atoms with E-state index >= 15 is 0 Å². The first-order valence-corrected chi connectivity index (χ1v) is 11.0. The third-order valence-corrected chi connectivity index (χ3v) is 6.79. The number of benzene rings is 1. The number of hydrogen-bond acceptors (Lipinski definition) is 6. The van der Waals surface area contributed by atoms with Crippen LogP contribution in [0.4, 0.5) is 0 Å². The van der Waals surface area contributed by atoms with Gasteiger partial charge in [-0.25, -0.2) is 4.98 Å². The minimum absolute atomic E-state index is 0.0957. The maximum absolute atomic E-state index is 13.1. The lowest BCUT2D eigenvalue weighted by atomic mass is 10.0. The Bertz CT molecular complexity index is 1170. The van der Waals surface area contributed by atoms with E-state index in [2.05, 4.69) is 31.0 Å². The average molecular weight is 427 g/mol. The predicted molar refractivity (Wildman–Crippen MR) is 118 cm³/mol. The Balaban J connectivity index is 1.90. The van der Waals surface area contributed by atoms with Gasteiger partial charge in [0.05, 0.1) is 23.6 Å². The minimum Gasteiger partial charge on any atom is -0.344 e. The molecule has 150 valence electrons. The Morgan fingerprint density at radius 2 is 2.10 bits per heavy atom. The van der Waals surface area contributed by atoms with Crippen molar-refractivity contribution >= 4 is 39.2 Å². The molecule has 2 aromatic heterocycles. The van der Waals surface area contributed by atoms with Crippen LogP contribution in [0.3, 0.4) is 0 Å². The van der Waals surface area contributed by atoms with Gasteiger partial charge in [-0.05, 0) is 30.5 Å². The monoisotopic (exact) mass is 426 g/mol. The Hall–Kier alpha value is -2.63. The summed E-state index contributed by atoms with van der Waals surface area (Å²) in [6, 6.07) is 8.21. The summed E-state index contributed by atoms with van der Waals surface area (Å²) in [5, 5.41) is 11.7. The summed E-state index contributed by atoms with van der Waals surface area (Å²) in [5.74, 6) is 0.0740. The summed E-state index contributed by atoms with van der Waals surface area (Å²) in [5.41, 5.74) is 4.18. The van der Waals surface area contributed by atoms with E-state index in [9.17, 15) is 9.59 Å². The van der Waals surface area contributed by atoms with Crippen LogP contribution in [0.15, 0.2) is 33.5 Å². The molecule has 0 aliphatic carbocycles. The molecule has 3 rings (SSSR count). The maximum Gasteiger partial charge on any atom is 0.263 e. The highest BCUT2D eigenvalue weighted by Gasteiger charge is 2.17. The first-order chi connectivity index (χ1) is 13.8. The number of aryl methyl sites for hydroxylation is 2. The van der Waals surface area contributed by atoms with Gasteiger partial charge in [-0.2, -0.15) is 5.26 Å². The van der Waals surface area contributed by atoms with Crippen LogP contribution in [0.1, 0.15) is 17.5 Å². The van der Waals surface area contributed by atoms with Gasteiger partial charge >= 0.3 is 0 Å². The van der Waals surface area contributed by atoms with E-state index in [1.807, 2.05) is 17.5 Å². The van der Waals surface area contributed by atoms with Crippen molar-refractivity contribution < 1.29 is 4.79 Å². The van der Waals surface area contributed by atoms with Crippen LogP contribution in [0.5, 0.6) is 0 Å². The van der Waals surface area contributed by atoms with Crippen molar-refractivity contribution in [1.29, 1.82) is 5.26 Å². The van der Waals surface area contributed by atoms with E-state index in [0.717, 1.165) is 11.1 Å². The smallest absolute Gasteiger partial charge is 0.263 e. The van der Waals surface area contributed by atoms with Gasteiger partial charge in [0.2, 0.25) is 5.91 Å². The molecular weight excluding hydrogens is 404 g/mol. The standard InChI is InChI=1S/C21H22N4O2S2/c1-13-6-7-15(10-14(13)2)16-11-28-19-18(16)20(27)25(4)21(23-19)29-12-17(26)24(3)9-5-8-22/h6-7,10-11H,5,9,12H2,1-4H3. The van der Waals surface area contributed by atoms with Crippen molar-refractivity contribution in [3.8, 4) is 17.2 Å². The largest absolute Gasteiger partial charge is 0.344 e. The molecule has 0 spiro atoms. The Morgan fingerprint density at radius 1 is 1.34 bits per heavy atom. The molecule has 3 aromatic rings. The van der Waals surface area contributed by atoms with E-state index in [1.165, 1.54) is 43.7 Å². The Morgan fingerprint density at radius 3 is 2.79 bits per heavy atom. The lowest BCUT2D eigenvalue weighted by Crippen LogP contribution is -2.29. The first kappa shape index (κ1) is 21.1. The van der Waals surface area contributed by atoms with Gasteiger partial charge in [-0.15, -0.1) is 11.3 Å². The molecule has 0 aliphatic rings. The van der Waals surface area contributed by atoms with Gasteiger partial charge in [0.15, 0.2) is 5.16 Å². The van der Waals surface area contributed by atoms with Crippen molar-refractivity contribution in [2.24, 2.45) is 7.05 Å². The molecule has 1 aromatic carbocycles. The second-order valence-electron chi connectivity index (χ2n) is 6.90. The Kier molecular flexibility index (Phi) is 6.40. The van der Waals surface area contributed by atoms with Crippen LogP contribution in [-0.2, 0) is 11.8 Å². The van der Waals surface area contributed by atoms with Crippen LogP contribution in [0.25, 0.3) is 21.3 Å². The number of nitriles is 1. The lowest BCUT2D eigenvalue weighted by molar-refractivity contribution is -0.127. The molecule has 29 heavy (non-hydrogen) atoms. The highest BCUT2D eigenvalue weighted by Crippen LogP contribution is 2.33. The number of fused-ring (bicyclic) bond motifs is 1. The quantitative estimate of drug-likeness (QED) is 0.443. The molecule has 0 saturated heterocycles. The molecular formula is C21H22N4O2S2. The highest BCUT2D eigenvalue weighted by molar-refractivity contribution is 7.99. The van der Waals surface area contributed by atoms with Crippen molar-refractivity contribution in [1.82, 2.24) is 14.5 Å². The molecule has 8 heteroatoms. The number of carbonyl (C=O) groups is 1. The number of rotatable bonds is 6. The normalized spacial score (nSPS) is 10.9. The van der Waals surface area contributed by atoms with Crippen LogP contribution >= 0.6 is 23.1 Å². The van der Waals surface area contributed by atoms with Crippen LogP contribution in [0, 0.1) is 25.2 Å². The third-order valence-electron chi connectivity index (χ3n) is 4.90. The van der Waals surface area contributed by atoms with Gasteiger partial charge in [-0.1, -0.05) is 30.0 Å². The Labute approximate surface area is 177 Å². The predicted octanol–water partition coefficient (Wildman–Crippen LogP) is 3.74. The van der Waals surface area contributed by atoms with Gasteiger partial charge in [0, 0.05) is 31.6 Å². The van der Waals surface area contributed by atoms with E-state index in [4.69, 9.17) is 5.26 Å². The highest BCUT2D eigenvalue weighted by atomic mass is 32.2. The van der Waals surface area contributed by atoms with E-state index in [1.54, 1.807) is 14.1 Å². The van der Waals surface area contributed by atoms with E-state index in [0.29, 0.717) is 28.3 Å². The SMILES string of the molecule is Cc1ccc(-c2csc3nc(SCC(=O)N(C)CCC#N)n(C)c(=O)c23)cc1C. The molecule has 0 N–H and O–H groups in total. The van der Waals surface area contributed by atoms with Crippen molar-refractivity contribution in [3.63, 3.8) is 0 Å². The molecule has 0 aliphatic heterocycles. The summed E-state index contributed by atoms with van der Waals surface area (Å²) in [6.45, 7) is 4.52. The molecule has 0 radical (unpaired) electrons. The van der Waals surface area contributed by atoms with Crippen molar-refractivity contribution in [2.45, 2.75) is 25.4 Å². The number of aromatic nitrogens is 2. The number of thiophene rings is 1. The van der Waals surface area contributed by atoms with Crippen LogP contribution in [0.2, 0.25) is 0 Å². The maximum atomic E-state index is 13.1. The van der Waals surface area contributed by atoms with Gasteiger partial charge < -0.3 is 4.90 Å². The summed E-state index contributed by atoms with van der Waals surface area (Å²) >= 11 is 2.68. The van der Waals surface area contributed by atoms with Crippen molar-refractivity contribution in [3.05, 3.63) is 45.1 Å². The molecule has 0 fully saturated rings. The summed E-state index contributed by atoms with van der Waals surface area (Å²) < 4.78 is 1.51. The van der Waals surface area contributed by atoms with Gasteiger partial charge in [0.1, 0.15) is 4.83 Å². The van der Waals surface area contributed by atoms with Crippen LogP contribution < -0.4 is 5.56 Å². The second kappa shape index (κ2) is 8.80. The molecule has 0 bridgehead atoms. The molecule has 6 nitrogen and oxygen atoms in total. The van der Waals surface area contributed by atoms with E-state index < -0.39 is 0 Å². The summed E-state index contributed by atoms with van der Waals surface area (Å²) in [4.78, 5) is 32.1. The molecule has 0 unspecified atom stereocenters. The number of hydrogen-bond donors (Lipinski definition) is 0. The molecule has 2 heterocycles. The van der Waals surface area contributed by atoms with Gasteiger partial charge in [0.25, 0.3) is 5.56 Å². The van der Waals surface area contributed by atoms with Crippen LogP contribution in [-0.4, -0.2) is 39.7 Å². The van der Waals surface area contributed by atoms with E-state index in [-0.39, 0.29) is 17.2 Å². The molecule has 0 atom stereocenters. The fourth-order valence-corrected chi connectivity index (χ4v) is 4.78. The zero-order valence-corrected chi connectivity index (χ0v) is 18.5. The third kappa shape index (κ3) is 4.36. The molecule has 1 amide bonds. The first-order valence-electron chi connectivity index (χ1n) is 9.13. The number of amides is 1. The van der Waals surface area contributed by atoms with Gasteiger partial charge in [-0.3, -0.25) is 14.2 Å². The zero-order chi connectivity index (χ0) is 21.1. The molecule has 0 saturated carbocycles. The minimum atomic E-state index is -0.114. The zero-order valence-electron chi connectivity index (χ0n) is 16.9. The summed E-state index contributed by atoms with van der Waals surface area (Å²) in [6.07, 6.45) is 0.298. The topological polar surface area (TPSA) is 79.0 Å². The number of thioether (sulfide) groups is 1. The lowest BCUT2D eigenvalue weighted by Gasteiger charge is -2.15. The number of nitrogens with zero attached hydrogens (tertiary/aromatic N) is 4. The fourth-order valence-electron chi connectivity index (χ4n) is 2.88. The second-order valence-corrected chi connectivity index (χ2v) is 8.70. The average Bonchev–Trinajstić information content (AvgIpc) is 3.13.